The van der Waals surface area contributed by atoms with E-state index in [0.29, 0.717) is 32.0 Å². The average molecular weight is 472 g/mol. The van der Waals surface area contributed by atoms with Gasteiger partial charge in [-0.15, -0.1) is 0 Å². The third-order valence-electron chi connectivity index (χ3n) is 7.03. The third-order valence-corrected chi connectivity index (χ3v) is 7.03. The molecule has 2 N–H and O–H groups in total. The standard InChI is InChI=1S/C28H33N5O2/c1-21-20-25(33-16-6-3-7-17-33)32-27(29-21)31-24-12-10-23(11-13-24)30-26(34)28(14-18-35-19-15-28)22-8-4-2-5-9-22/h2,4-5,8-13,20H,3,6-7,14-19H2,1H3,(H,30,34)(H,29,31,32). The molecular weight excluding hydrogens is 438 g/mol. The summed E-state index contributed by atoms with van der Waals surface area (Å²) in [6, 6.07) is 19.8. The fourth-order valence-electron chi connectivity index (χ4n) is 5.03. The molecule has 2 aromatic carbocycles. The van der Waals surface area contributed by atoms with Crippen molar-refractivity contribution in [2.24, 2.45) is 0 Å². The fraction of sp³-hybridized carbons (Fsp3) is 0.393. The molecule has 0 aliphatic carbocycles. The number of anilines is 4. The van der Waals surface area contributed by atoms with Gasteiger partial charge in [-0.25, -0.2) is 4.98 Å². The number of nitrogens with one attached hydrogen (secondary N) is 2. The lowest BCUT2D eigenvalue weighted by atomic mass is 9.73. The second kappa shape index (κ2) is 10.4. The zero-order chi connectivity index (χ0) is 24.1. The summed E-state index contributed by atoms with van der Waals surface area (Å²) in [5.74, 6) is 1.58. The van der Waals surface area contributed by atoms with Gasteiger partial charge in [0.15, 0.2) is 0 Å². The number of carbonyl (C=O) groups excluding carboxylic acids is 1. The van der Waals surface area contributed by atoms with Gasteiger partial charge in [-0.3, -0.25) is 4.79 Å². The molecule has 1 aromatic heterocycles. The van der Waals surface area contributed by atoms with E-state index in [0.717, 1.165) is 41.5 Å². The lowest BCUT2D eigenvalue weighted by Crippen LogP contribution is -2.44. The molecule has 35 heavy (non-hydrogen) atoms. The molecule has 2 fully saturated rings. The Morgan fingerprint density at radius 1 is 0.914 bits per heavy atom. The van der Waals surface area contributed by atoms with Crippen LogP contribution in [-0.4, -0.2) is 42.2 Å². The van der Waals surface area contributed by atoms with E-state index in [2.05, 4.69) is 20.5 Å². The molecule has 0 unspecified atom stereocenters. The van der Waals surface area contributed by atoms with Crippen molar-refractivity contribution in [3.05, 3.63) is 71.9 Å². The first-order valence-corrected chi connectivity index (χ1v) is 12.5. The van der Waals surface area contributed by atoms with E-state index >= 15 is 0 Å². The van der Waals surface area contributed by atoms with E-state index in [-0.39, 0.29) is 5.91 Å². The van der Waals surface area contributed by atoms with Crippen LogP contribution in [-0.2, 0) is 14.9 Å². The van der Waals surface area contributed by atoms with Gasteiger partial charge in [-0.05, 0) is 68.9 Å². The Kier molecular flexibility index (Phi) is 6.95. The quantitative estimate of drug-likeness (QED) is 0.514. The molecule has 5 rings (SSSR count). The molecule has 2 aliphatic rings. The average Bonchev–Trinajstić information content (AvgIpc) is 2.91. The van der Waals surface area contributed by atoms with Gasteiger partial charge in [0.1, 0.15) is 5.82 Å². The first kappa shape index (κ1) is 23.3. The minimum absolute atomic E-state index is 0.0147. The van der Waals surface area contributed by atoms with Gasteiger partial charge in [0.05, 0.1) is 5.41 Å². The van der Waals surface area contributed by atoms with Gasteiger partial charge in [0, 0.05) is 49.4 Å². The highest BCUT2D eigenvalue weighted by molar-refractivity contribution is 5.99. The Morgan fingerprint density at radius 3 is 2.31 bits per heavy atom. The number of aromatic nitrogens is 2. The maximum absolute atomic E-state index is 13.5. The van der Waals surface area contributed by atoms with Crippen LogP contribution in [0.5, 0.6) is 0 Å². The second-order valence-corrected chi connectivity index (χ2v) is 9.46. The summed E-state index contributed by atoms with van der Waals surface area (Å²) < 4.78 is 5.57. The van der Waals surface area contributed by atoms with Crippen LogP contribution >= 0.6 is 0 Å². The van der Waals surface area contributed by atoms with Crippen molar-refractivity contribution in [2.75, 3.05) is 41.8 Å². The molecule has 2 saturated heterocycles. The highest BCUT2D eigenvalue weighted by Crippen LogP contribution is 2.36. The number of carbonyl (C=O) groups is 1. The normalized spacial score (nSPS) is 17.6. The topological polar surface area (TPSA) is 79.4 Å². The summed E-state index contributed by atoms with van der Waals surface area (Å²) in [6.07, 6.45) is 5.04. The minimum Gasteiger partial charge on any atom is -0.381 e. The Hall–Kier alpha value is -3.45. The Bertz CT molecular complexity index is 1140. The van der Waals surface area contributed by atoms with Crippen LogP contribution in [0.25, 0.3) is 0 Å². The largest absolute Gasteiger partial charge is 0.381 e. The van der Waals surface area contributed by atoms with Crippen LogP contribution in [0.1, 0.15) is 43.4 Å². The number of hydrogen-bond acceptors (Lipinski definition) is 6. The van der Waals surface area contributed by atoms with Crippen molar-refractivity contribution < 1.29 is 9.53 Å². The van der Waals surface area contributed by atoms with Gasteiger partial charge in [-0.2, -0.15) is 4.98 Å². The summed E-state index contributed by atoms with van der Waals surface area (Å²) >= 11 is 0. The summed E-state index contributed by atoms with van der Waals surface area (Å²) in [5.41, 5.74) is 3.05. The second-order valence-electron chi connectivity index (χ2n) is 9.46. The number of rotatable bonds is 6. The SMILES string of the molecule is Cc1cc(N2CCCCC2)nc(Nc2ccc(NC(=O)C3(c4ccccc4)CCOCC3)cc2)n1. The third kappa shape index (κ3) is 5.30. The van der Waals surface area contributed by atoms with Crippen LogP contribution in [0.15, 0.2) is 60.7 Å². The predicted molar refractivity (Wildman–Crippen MR) is 139 cm³/mol. The molecule has 0 bridgehead atoms. The smallest absolute Gasteiger partial charge is 0.235 e. The Balaban J connectivity index is 1.29. The number of benzene rings is 2. The highest BCUT2D eigenvalue weighted by Gasteiger charge is 2.41. The number of aryl methyl sites for hydroxylation is 1. The number of nitrogens with zero attached hydrogens (tertiary/aromatic N) is 3. The fourth-order valence-corrected chi connectivity index (χ4v) is 5.03. The molecule has 7 nitrogen and oxygen atoms in total. The van der Waals surface area contributed by atoms with Gasteiger partial charge in [-0.1, -0.05) is 30.3 Å². The number of ether oxygens (including phenoxy) is 1. The molecule has 2 aliphatic heterocycles. The summed E-state index contributed by atoms with van der Waals surface area (Å²) in [5, 5.41) is 6.47. The van der Waals surface area contributed by atoms with E-state index < -0.39 is 5.41 Å². The molecule has 182 valence electrons. The van der Waals surface area contributed by atoms with Crippen molar-refractivity contribution in [1.29, 1.82) is 0 Å². The maximum Gasteiger partial charge on any atom is 0.235 e. The van der Waals surface area contributed by atoms with Gasteiger partial charge >= 0.3 is 0 Å². The highest BCUT2D eigenvalue weighted by atomic mass is 16.5. The molecule has 7 heteroatoms. The van der Waals surface area contributed by atoms with E-state index in [1.807, 2.05) is 67.6 Å². The maximum atomic E-state index is 13.5. The molecule has 0 radical (unpaired) electrons. The van der Waals surface area contributed by atoms with E-state index in [1.165, 1.54) is 19.3 Å². The molecular formula is C28H33N5O2. The lowest BCUT2D eigenvalue weighted by molar-refractivity contribution is -0.125. The molecule has 0 saturated carbocycles. The van der Waals surface area contributed by atoms with Crippen molar-refractivity contribution in [3.8, 4) is 0 Å². The summed E-state index contributed by atoms with van der Waals surface area (Å²) in [7, 11) is 0. The van der Waals surface area contributed by atoms with Crippen LogP contribution in [0, 0.1) is 6.92 Å². The van der Waals surface area contributed by atoms with E-state index in [9.17, 15) is 4.79 Å². The first-order valence-electron chi connectivity index (χ1n) is 12.5. The van der Waals surface area contributed by atoms with Crippen molar-refractivity contribution in [1.82, 2.24) is 9.97 Å². The van der Waals surface area contributed by atoms with E-state index in [4.69, 9.17) is 9.72 Å². The van der Waals surface area contributed by atoms with Crippen LogP contribution in [0.2, 0.25) is 0 Å². The molecule has 1 amide bonds. The van der Waals surface area contributed by atoms with Crippen molar-refractivity contribution >= 4 is 29.0 Å². The molecule has 0 atom stereocenters. The van der Waals surface area contributed by atoms with Crippen LogP contribution in [0.3, 0.4) is 0 Å². The zero-order valence-corrected chi connectivity index (χ0v) is 20.3. The number of hydrogen-bond donors (Lipinski definition) is 2. The molecule has 3 aromatic rings. The first-order chi connectivity index (χ1) is 17.1. The number of amides is 1. The van der Waals surface area contributed by atoms with Crippen molar-refractivity contribution in [2.45, 2.75) is 44.4 Å². The summed E-state index contributed by atoms with van der Waals surface area (Å²) in [4.78, 5) is 25.1. The monoisotopic (exact) mass is 471 g/mol. The van der Waals surface area contributed by atoms with E-state index in [1.54, 1.807) is 0 Å². The Morgan fingerprint density at radius 2 is 1.60 bits per heavy atom. The summed E-state index contributed by atoms with van der Waals surface area (Å²) in [6.45, 7) is 5.25. The molecule has 0 spiro atoms. The lowest BCUT2D eigenvalue weighted by Gasteiger charge is -2.36. The van der Waals surface area contributed by atoms with Gasteiger partial charge in [0.25, 0.3) is 0 Å². The zero-order valence-electron chi connectivity index (χ0n) is 20.3. The number of piperidine rings is 1. The van der Waals surface area contributed by atoms with Crippen LogP contribution in [0.4, 0.5) is 23.1 Å². The Labute approximate surface area is 206 Å². The van der Waals surface area contributed by atoms with Crippen LogP contribution < -0.4 is 15.5 Å². The van der Waals surface area contributed by atoms with Gasteiger partial charge < -0.3 is 20.3 Å². The van der Waals surface area contributed by atoms with Gasteiger partial charge in [0.2, 0.25) is 11.9 Å². The predicted octanol–water partition coefficient (Wildman–Crippen LogP) is 5.21. The molecule has 3 heterocycles. The minimum atomic E-state index is -0.573. The van der Waals surface area contributed by atoms with Crippen molar-refractivity contribution in [3.63, 3.8) is 0 Å².